The minimum Gasteiger partial charge on any atom is -0.487 e. The molecule has 0 spiro atoms. The molecule has 0 aliphatic carbocycles. The smallest absolute Gasteiger partial charge is 0.269 e. The molecule has 2 aromatic heterocycles. The van der Waals surface area contributed by atoms with Gasteiger partial charge in [-0.1, -0.05) is 46.3 Å². The number of halogens is 2. The van der Waals surface area contributed by atoms with Crippen LogP contribution in [0.2, 0.25) is 0 Å². The third-order valence-corrected chi connectivity index (χ3v) is 6.06. The number of rotatable bonds is 5. The maximum atomic E-state index is 12.1. The van der Waals surface area contributed by atoms with E-state index in [1.165, 1.54) is 0 Å². The Morgan fingerprint density at radius 3 is 2.72 bits per heavy atom. The highest BCUT2D eigenvalue weighted by Gasteiger charge is 2.21. The highest BCUT2D eigenvalue weighted by atomic mass is 79.9. The highest BCUT2D eigenvalue weighted by molar-refractivity contribution is 9.11. The predicted octanol–water partition coefficient (Wildman–Crippen LogP) is 4.85. The Balaban J connectivity index is 1.52. The Labute approximate surface area is 201 Å². The van der Waals surface area contributed by atoms with E-state index in [2.05, 4.69) is 47.3 Å². The Hall–Kier alpha value is -3.04. The normalized spacial score (nSPS) is 12.9. The van der Waals surface area contributed by atoms with Gasteiger partial charge in [0.25, 0.3) is 5.91 Å². The number of aromatic nitrogens is 4. The summed E-state index contributed by atoms with van der Waals surface area (Å²) < 4.78 is 9.54. The van der Waals surface area contributed by atoms with Crippen LogP contribution in [-0.2, 0) is 13.2 Å². The van der Waals surface area contributed by atoms with Gasteiger partial charge in [-0.25, -0.2) is 9.97 Å². The van der Waals surface area contributed by atoms with Gasteiger partial charge in [0, 0.05) is 17.2 Å². The summed E-state index contributed by atoms with van der Waals surface area (Å²) in [5, 5.41) is 7.38. The molecule has 1 aliphatic heterocycles. The van der Waals surface area contributed by atoms with Gasteiger partial charge in [0.15, 0.2) is 5.82 Å². The van der Waals surface area contributed by atoms with Crippen LogP contribution in [0, 0.1) is 0 Å². The van der Waals surface area contributed by atoms with Crippen LogP contribution in [0.4, 0.5) is 0 Å². The number of nitrogens with zero attached hydrogens (tertiary/aromatic N) is 4. The van der Waals surface area contributed by atoms with Crippen LogP contribution in [-0.4, -0.2) is 32.2 Å². The number of ether oxygens (including phenoxy) is 1. The topological polar surface area (TPSA) is 81.9 Å². The summed E-state index contributed by atoms with van der Waals surface area (Å²) in [5.74, 6) is 1.03. The van der Waals surface area contributed by atoms with Gasteiger partial charge in [0.2, 0.25) is 0 Å². The zero-order chi connectivity index (χ0) is 22.1. The highest BCUT2D eigenvalue weighted by Crippen LogP contribution is 2.39. The molecule has 160 valence electrons. The summed E-state index contributed by atoms with van der Waals surface area (Å²) in [6.07, 6.45) is 1.69. The first-order valence-electron chi connectivity index (χ1n) is 9.94. The summed E-state index contributed by atoms with van der Waals surface area (Å²) in [5.41, 5.74) is 3.59. The summed E-state index contributed by atoms with van der Waals surface area (Å²) >= 11 is 7.15. The maximum Gasteiger partial charge on any atom is 0.269 e. The zero-order valence-electron chi connectivity index (χ0n) is 16.8. The number of benzene rings is 2. The van der Waals surface area contributed by atoms with Crippen molar-refractivity contribution < 1.29 is 9.53 Å². The second-order valence-electron chi connectivity index (χ2n) is 7.20. The zero-order valence-corrected chi connectivity index (χ0v) is 19.9. The lowest BCUT2D eigenvalue weighted by molar-refractivity contribution is 0.0924. The molecule has 9 heteroatoms. The minimum absolute atomic E-state index is 0.128. The van der Waals surface area contributed by atoms with Gasteiger partial charge in [0.1, 0.15) is 23.7 Å². The molecule has 0 unspecified atom stereocenters. The average molecular weight is 555 g/mol. The first-order valence-corrected chi connectivity index (χ1v) is 11.5. The van der Waals surface area contributed by atoms with Gasteiger partial charge in [0.05, 0.1) is 22.3 Å². The number of carbonyl (C=O) groups excluding carboxylic acids is 1. The van der Waals surface area contributed by atoms with Crippen LogP contribution < -0.4 is 10.1 Å². The number of nitrogens with one attached hydrogen (secondary N) is 1. The summed E-state index contributed by atoms with van der Waals surface area (Å²) in [7, 11) is 0. The third kappa shape index (κ3) is 4.18. The number of fused-ring (bicyclic) bond motifs is 1. The molecule has 0 saturated heterocycles. The van der Waals surface area contributed by atoms with Gasteiger partial charge >= 0.3 is 0 Å². The van der Waals surface area contributed by atoms with Crippen LogP contribution in [0.3, 0.4) is 0 Å². The monoisotopic (exact) mass is 553 g/mol. The standard InChI is InChI=1S/C23H17Br2N5O2/c24-15-10-16(21(17(25)11-15)32-13-14-4-2-1-3-5-14)22-26-7-6-18(28-22)19-12-20-23(31)27-8-9-30(20)29-19/h1-7,10-12H,8-9,13H2,(H,27,31). The van der Waals surface area contributed by atoms with E-state index in [0.717, 1.165) is 20.1 Å². The lowest BCUT2D eigenvalue weighted by Crippen LogP contribution is -2.35. The first-order chi connectivity index (χ1) is 15.6. The van der Waals surface area contributed by atoms with E-state index in [4.69, 9.17) is 9.72 Å². The molecular formula is C23H17Br2N5O2. The van der Waals surface area contributed by atoms with Gasteiger partial charge < -0.3 is 10.1 Å². The van der Waals surface area contributed by atoms with Gasteiger partial charge in [-0.2, -0.15) is 5.10 Å². The van der Waals surface area contributed by atoms with E-state index in [0.29, 0.717) is 48.4 Å². The summed E-state index contributed by atoms with van der Waals surface area (Å²) in [6.45, 7) is 1.61. The van der Waals surface area contributed by atoms with E-state index in [-0.39, 0.29) is 5.91 Å². The van der Waals surface area contributed by atoms with Crippen molar-refractivity contribution in [1.29, 1.82) is 0 Å². The van der Waals surface area contributed by atoms with Crippen LogP contribution >= 0.6 is 31.9 Å². The van der Waals surface area contributed by atoms with Crippen molar-refractivity contribution in [3.63, 3.8) is 0 Å². The SMILES string of the molecule is O=C1NCCn2nc(-c3ccnc(-c4cc(Br)cc(Br)c4OCc4ccccc4)n3)cc21. The Kier molecular flexibility index (Phi) is 5.75. The van der Waals surface area contributed by atoms with Crippen molar-refractivity contribution in [2.45, 2.75) is 13.2 Å². The molecule has 7 nitrogen and oxygen atoms in total. The fourth-order valence-corrected chi connectivity index (χ4v) is 4.83. The molecule has 2 aromatic carbocycles. The molecule has 1 aliphatic rings. The van der Waals surface area contributed by atoms with Crippen LogP contribution in [0.25, 0.3) is 22.8 Å². The molecule has 0 fully saturated rings. The second kappa shape index (κ2) is 8.84. The Bertz CT molecular complexity index is 1310. The second-order valence-corrected chi connectivity index (χ2v) is 8.97. The number of amides is 1. The molecule has 0 saturated carbocycles. The fraction of sp³-hybridized carbons (Fsp3) is 0.130. The molecule has 32 heavy (non-hydrogen) atoms. The lowest BCUT2D eigenvalue weighted by Gasteiger charge is -2.14. The number of hydrogen-bond donors (Lipinski definition) is 1. The summed E-state index contributed by atoms with van der Waals surface area (Å²) in [6, 6.07) is 17.4. The fourth-order valence-electron chi connectivity index (χ4n) is 3.50. The van der Waals surface area contributed by atoms with E-state index in [9.17, 15) is 4.79 Å². The summed E-state index contributed by atoms with van der Waals surface area (Å²) in [4.78, 5) is 21.3. The van der Waals surface area contributed by atoms with E-state index in [1.807, 2.05) is 42.5 Å². The van der Waals surface area contributed by atoms with Crippen molar-refractivity contribution in [2.75, 3.05) is 6.54 Å². The van der Waals surface area contributed by atoms with Gasteiger partial charge in [-0.05, 0) is 45.8 Å². The molecule has 5 rings (SSSR count). The predicted molar refractivity (Wildman–Crippen MR) is 127 cm³/mol. The van der Waals surface area contributed by atoms with Gasteiger partial charge in [-0.15, -0.1) is 0 Å². The Morgan fingerprint density at radius 2 is 1.91 bits per heavy atom. The van der Waals surface area contributed by atoms with E-state index < -0.39 is 0 Å². The molecule has 1 amide bonds. The molecule has 1 N–H and O–H groups in total. The molecule has 3 heterocycles. The minimum atomic E-state index is -0.128. The van der Waals surface area contributed by atoms with Crippen LogP contribution in [0.15, 0.2) is 69.7 Å². The Morgan fingerprint density at radius 1 is 1.06 bits per heavy atom. The van der Waals surface area contributed by atoms with Crippen LogP contribution in [0.1, 0.15) is 16.1 Å². The molecule has 4 aromatic rings. The number of hydrogen-bond acceptors (Lipinski definition) is 5. The van der Waals surface area contributed by atoms with Crippen molar-refractivity contribution in [1.82, 2.24) is 25.1 Å². The van der Waals surface area contributed by atoms with E-state index >= 15 is 0 Å². The molecular weight excluding hydrogens is 538 g/mol. The average Bonchev–Trinajstić information content (AvgIpc) is 3.25. The molecule has 0 atom stereocenters. The van der Waals surface area contributed by atoms with Crippen LogP contribution in [0.5, 0.6) is 5.75 Å². The maximum absolute atomic E-state index is 12.1. The molecule has 0 bridgehead atoms. The van der Waals surface area contributed by atoms with Gasteiger partial charge in [-0.3, -0.25) is 9.48 Å². The number of carbonyl (C=O) groups is 1. The first kappa shape index (κ1) is 20.8. The van der Waals surface area contributed by atoms with Crippen molar-refractivity contribution in [3.05, 3.63) is 81.0 Å². The lowest BCUT2D eigenvalue weighted by atomic mass is 10.1. The largest absolute Gasteiger partial charge is 0.487 e. The third-order valence-electron chi connectivity index (χ3n) is 5.02. The quantitative estimate of drug-likeness (QED) is 0.381. The van der Waals surface area contributed by atoms with Crippen molar-refractivity contribution in [3.8, 4) is 28.5 Å². The molecule has 0 radical (unpaired) electrons. The van der Waals surface area contributed by atoms with Crippen molar-refractivity contribution in [2.24, 2.45) is 0 Å². The van der Waals surface area contributed by atoms with E-state index in [1.54, 1.807) is 23.0 Å². The van der Waals surface area contributed by atoms with Crippen molar-refractivity contribution >= 4 is 37.8 Å².